The highest BCUT2D eigenvalue weighted by Gasteiger charge is 2.31. The zero-order valence-electron chi connectivity index (χ0n) is 12.3. The number of rotatable bonds is 7. The highest BCUT2D eigenvalue weighted by molar-refractivity contribution is 5.94. The fourth-order valence-electron chi connectivity index (χ4n) is 1.88. The summed E-state index contributed by atoms with van der Waals surface area (Å²) in [7, 11) is 1.24. The molecule has 4 atom stereocenters. The molecule has 7 nitrogen and oxygen atoms in total. The smallest absolute Gasteiger partial charge is 0.253 e. The van der Waals surface area contributed by atoms with Crippen molar-refractivity contribution in [3.05, 3.63) is 35.4 Å². The van der Waals surface area contributed by atoms with Gasteiger partial charge in [0.15, 0.2) is 11.6 Å². The number of amides is 1. The van der Waals surface area contributed by atoms with Gasteiger partial charge in [-0.05, 0) is 18.2 Å². The Labute approximate surface area is 131 Å². The van der Waals surface area contributed by atoms with Crippen LogP contribution in [0.1, 0.15) is 10.4 Å². The van der Waals surface area contributed by atoms with Crippen molar-refractivity contribution in [3.8, 4) is 0 Å². The highest BCUT2D eigenvalue weighted by atomic mass is 19.2. The summed E-state index contributed by atoms with van der Waals surface area (Å²) in [6.45, 7) is -1.28. The van der Waals surface area contributed by atoms with E-state index >= 15 is 0 Å². The van der Waals surface area contributed by atoms with Gasteiger partial charge in [-0.15, -0.1) is 0 Å². The highest BCUT2D eigenvalue weighted by Crippen LogP contribution is 2.12. The van der Waals surface area contributed by atoms with Gasteiger partial charge < -0.3 is 30.4 Å². The van der Waals surface area contributed by atoms with Crippen LogP contribution in [0.5, 0.6) is 0 Å². The van der Waals surface area contributed by atoms with Crippen LogP contribution in [0.15, 0.2) is 18.2 Å². The number of aliphatic hydroxyl groups excluding tert-OH is 5. The Morgan fingerprint density at radius 3 is 2.17 bits per heavy atom. The molecular weight excluding hydrogens is 316 g/mol. The fraction of sp³-hybridized carbons (Fsp3) is 0.500. The molecule has 0 bridgehead atoms. The van der Waals surface area contributed by atoms with E-state index in [1.54, 1.807) is 0 Å². The van der Waals surface area contributed by atoms with Gasteiger partial charge in [0.1, 0.15) is 24.4 Å². The second-order valence-corrected chi connectivity index (χ2v) is 5.11. The maximum Gasteiger partial charge on any atom is 0.253 e. The molecule has 0 fully saturated rings. The molecule has 1 aromatic rings. The Bertz CT molecular complexity index is 544. The predicted molar refractivity (Wildman–Crippen MR) is 74.4 cm³/mol. The summed E-state index contributed by atoms with van der Waals surface area (Å²) >= 11 is 0. The van der Waals surface area contributed by atoms with Crippen molar-refractivity contribution in [1.82, 2.24) is 4.90 Å². The minimum atomic E-state index is -1.82. The number of hydrogen-bond acceptors (Lipinski definition) is 6. The van der Waals surface area contributed by atoms with Crippen molar-refractivity contribution in [2.24, 2.45) is 0 Å². The molecule has 0 saturated heterocycles. The number of carbonyl (C=O) groups is 1. The van der Waals surface area contributed by atoms with Gasteiger partial charge in [0.05, 0.1) is 6.61 Å². The van der Waals surface area contributed by atoms with E-state index in [9.17, 15) is 34.0 Å². The monoisotopic (exact) mass is 335 g/mol. The van der Waals surface area contributed by atoms with E-state index in [0.717, 1.165) is 17.0 Å². The van der Waals surface area contributed by atoms with E-state index < -0.39 is 55.1 Å². The molecule has 130 valence electrons. The molecule has 9 heteroatoms. The van der Waals surface area contributed by atoms with Crippen LogP contribution in [0, 0.1) is 11.6 Å². The van der Waals surface area contributed by atoms with Crippen LogP contribution in [-0.2, 0) is 0 Å². The Balaban J connectivity index is 2.72. The van der Waals surface area contributed by atoms with E-state index in [0.29, 0.717) is 6.07 Å². The van der Waals surface area contributed by atoms with Crippen molar-refractivity contribution in [3.63, 3.8) is 0 Å². The maximum absolute atomic E-state index is 13.1. The van der Waals surface area contributed by atoms with Crippen molar-refractivity contribution in [1.29, 1.82) is 0 Å². The lowest BCUT2D eigenvalue weighted by Gasteiger charge is -2.28. The molecule has 1 rings (SSSR count). The third-order valence-electron chi connectivity index (χ3n) is 3.30. The number of hydrogen-bond donors (Lipinski definition) is 5. The number of aliphatic hydroxyl groups is 5. The lowest BCUT2D eigenvalue weighted by Crippen LogP contribution is -2.50. The fourth-order valence-corrected chi connectivity index (χ4v) is 1.88. The molecule has 0 aliphatic rings. The topological polar surface area (TPSA) is 121 Å². The molecule has 0 spiro atoms. The van der Waals surface area contributed by atoms with E-state index in [2.05, 4.69) is 0 Å². The van der Waals surface area contributed by atoms with Crippen LogP contribution in [0.25, 0.3) is 0 Å². The van der Waals surface area contributed by atoms with Gasteiger partial charge >= 0.3 is 0 Å². The Kier molecular flexibility index (Phi) is 6.98. The molecule has 0 aliphatic heterocycles. The maximum atomic E-state index is 13.1. The van der Waals surface area contributed by atoms with Gasteiger partial charge in [0.2, 0.25) is 0 Å². The van der Waals surface area contributed by atoms with Gasteiger partial charge in [-0.2, -0.15) is 0 Å². The van der Waals surface area contributed by atoms with E-state index in [1.165, 1.54) is 7.05 Å². The van der Waals surface area contributed by atoms with E-state index in [4.69, 9.17) is 5.11 Å². The molecule has 0 aromatic heterocycles. The van der Waals surface area contributed by atoms with Gasteiger partial charge in [0.25, 0.3) is 5.91 Å². The van der Waals surface area contributed by atoms with Crippen LogP contribution in [0.2, 0.25) is 0 Å². The van der Waals surface area contributed by atoms with Crippen LogP contribution < -0.4 is 0 Å². The molecule has 5 N–H and O–H groups in total. The molecule has 1 aromatic carbocycles. The van der Waals surface area contributed by atoms with Gasteiger partial charge in [-0.1, -0.05) is 0 Å². The lowest BCUT2D eigenvalue weighted by molar-refractivity contribution is -0.117. The lowest BCUT2D eigenvalue weighted by atomic mass is 10.0. The summed E-state index contributed by atoms with van der Waals surface area (Å²) in [5, 5.41) is 46.8. The molecular formula is C14H19F2NO6. The Hall–Kier alpha value is -1.65. The SMILES string of the molecule is CN(CC(O)C(O)C(O)C(O)CO)C(=O)c1ccc(F)c(F)c1. The van der Waals surface area contributed by atoms with Crippen molar-refractivity contribution < 1.29 is 39.1 Å². The minimum Gasteiger partial charge on any atom is -0.394 e. The summed E-state index contributed by atoms with van der Waals surface area (Å²) in [5.41, 5.74) is -0.163. The molecule has 23 heavy (non-hydrogen) atoms. The van der Waals surface area contributed by atoms with Crippen LogP contribution in [-0.4, -0.2) is 81.0 Å². The van der Waals surface area contributed by atoms with E-state index in [-0.39, 0.29) is 5.56 Å². The third-order valence-corrected chi connectivity index (χ3v) is 3.30. The zero-order chi connectivity index (χ0) is 17.7. The van der Waals surface area contributed by atoms with Crippen LogP contribution in [0.4, 0.5) is 8.78 Å². The molecule has 0 radical (unpaired) electrons. The summed E-state index contributed by atoms with van der Waals surface area (Å²) in [5.74, 6) is -3.06. The first-order chi connectivity index (χ1) is 10.7. The number of halogens is 2. The molecule has 0 saturated carbocycles. The first kappa shape index (κ1) is 19.4. The average molecular weight is 335 g/mol. The van der Waals surface area contributed by atoms with Crippen LogP contribution >= 0.6 is 0 Å². The average Bonchev–Trinajstić information content (AvgIpc) is 2.54. The van der Waals surface area contributed by atoms with Crippen LogP contribution in [0.3, 0.4) is 0 Å². The normalized spacial score (nSPS) is 16.5. The molecule has 0 heterocycles. The number of likely N-dealkylation sites (N-methyl/N-ethyl adjacent to an activating group) is 1. The van der Waals surface area contributed by atoms with Crippen molar-refractivity contribution in [2.75, 3.05) is 20.2 Å². The Morgan fingerprint density at radius 2 is 1.65 bits per heavy atom. The zero-order valence-corrected chi connectivity index (χ0v) is 12.3. The number of benzene rings is 1. The van der Waals surface area contributed by atoms with Gasteiger partial charge in [-0.25, -0.2) is 8.78 Å². The molecule has 1 amide bonds. The Morgan fingerprint density at radius 1 is 1.09 bits per heavy atom. The summed E-state index contributed by atoms with van der Waals surface area (Å²) < 4.78 is 25.9. The van der Waals surface area contributed by atoms with Gasteiger partial charge in [0, 0.05) is 19.2 Å². The molecule has 4 unspecified atom stereocenters. The summed E-state index contributed by atoms with van der Waals surface area (Å²) in [6.07, 6.45) is -6.93. The second-order valence-electron chi connectivity index (χ2n) is 5.11. The predicted octanol–water partition coefficient (Wildman–Crippen LogP) is -1.53. The third kappa shape index (κ3) is 4.91. The second kappa shape index (κ2) is 8.27. The standard InChI is InChI=1S/C14H19F2NO6/c1-17(5-10(19)12(21)13(22)11(20)6-18)14(23)7-2-3-8(15)9(16)4-7/h2-4,10-13,18-22H,5-6H2,1H3. The van der Waals surface area contributed by atoms with Crippen molar-refractivity contribution in [2.45, 2.75) is 24.4 Å². The van der Waals surface area contributed by atoms with Gasteiger partial charge in [-0.3, -0.25) is 4.79 Å². The number of nitrogens with zero attached hydrogens (tertiary/aromatic N) is 1. The van der Waals surface area contributed by atoms with E-state index in [1.807, 2.05) is 0 Å². The molecule has 0 aliphatic carbocycles. The largest absolute Gasteiger partial charge is 0.394 e. The number of carbonyl (C=O) groups excluding carboxylic acids is 1. The quantitative estimate of drug-likeness (QED) is 0.412. The van der Waals surface area contributed by atoms with Crippen molar-refractivity contribution >= 4 is 5.91 Å². The first-order valence-corrected chi connectivity index (χ1v) is 6.72. The summed E-state index contributed by atoms with van der Waals surface area (Å²) in [6, 6.07) is 2.54. The first-order valence-electron chi connectivity index (χ1n) is 6.72. The minimum absolute atomic E-state index is 0.163. The summed E-state index contributed by atoms with van der Waals surface area (Å²) in [4.78, 5) is 12.9.